The Kier molecular flexibility index (Phi) is 2.43. The Hall–Kier alpha value is -2.15. The predicted octanol–water partition coefficient (Wildman–Crippen LogP) is 5.08. The molecule has 2 aromatic carbocycles. The second kappa shape index (κ2) is 4.17. The zero-order valence-electron chi connectivity index (χ0n) is 11.9. The largest absolute Gasteiger partial charge is 0.256 e. The van der Waals surface area contributed by atoms with Crippen LogP contribution in [0.25, 0.3) is 33.2 Å². The second-order valence-corrected chi connectivity index (χ2v) is 6.00. The minimum atomic E-state index is 0.651. The van der Waals surface area contributed by atoms with Crippen molar-refractivity contribution in [1.29, 1.82) is 0 Å². The van der Waals surface area contributed by atoms with Gasteiger partial charge in [0.15, 0.2) is 0 Å². The summed E-state index contributed by atoms with van der Waals surface area (Å²) in [5.41, 5.74) is 7.92. The molecule has 0 amide bonds. The fourth-order valence-corrected chi connectivity index (χ4v) is 3.33. The molecular formula is C19H17N. The zero-order valence-corrected chi connectivity index (χ0v) is 11.9. The van der Waals surface area contributed by atoms with Crippen molar-refractivity contribution < 1.29 is 0 Å². The van der Waals surface area contributed by atoms with Crippen LogP contribution < -0.4 is 0 Å². The van der Waals surface area contributed by atoms with Gasteiger partial charge in [0, 0.05) is 11.6 Å². The van der Waals surface area contributed by atoms with E-state index >= 15 is 0 Å². The first kappa shape index (κ1) is 11.7. The highest BCUT2D eigenvalue weighted by Crippen LogP contribution is 2.47. The van der Waals surface area contributed by atoms with Crippen LogP contribution in [0.5, 0.6) is 0 Å². The quantitative estimate of drug-likeness (QED) is 0.489. The van der Waals surface area contributed by atoms with Crippen LogP contribution in [-0.4, -0.2) is 4.98 Å². The standard InChI is InChI=1S/C19H17N/c1-12(2)11-13-7-8-16-14-5-3-4-6-15(14)17-9-10-20-19(13)18(16)17/h3-10,12H,11H2,1-2H3. The van der Waals surface area contributed by atoms with Crippen LogP contribution in [0, 0.1) is 5.92 Å². The summed E-state index contributed by atoms with van der Waals surface area (Å²) < 4.78 is 0. The van der Waals surface area contributed by atoms with Crippen LogP contribution in [0.15, 0.2) is 48.7 Å². The highest BCUT2D eigenvalue weighted by atomic mass is 14.7. The molecule has 0 N–H and O–H groups in total. The Morgan fingerprint density at radius 2 is 1.55 bits per heavy atom. The number of fused-ring (bicyclic) bond motifs is 3. The molecule has 1 aliphatic carbocycles. The Labute approximate surface area is 119 Å². The first-order chi connectivity index (χ1) is 9.75. The van der Waals surface area contributed by atoms with Gasteiger partial charge in [-0.1, -0.05) is 50.2 Å². The van der Waals surface area contributed by atoms with Crippen molar-refractivity contribution in [2.24, 2.45) is 5.92 Å². The lowest BCUT2D eigenvalue weighted by molar-refractivity contribution is 0.649. The van der Waals surface area contributed by atoms with Crippen LogP contribution >= 0.6 is 0 Å². The molecule has 0 saturated carbocycles. The smallest absolute Gasteiger partial charge is 0.0746 e. The van der Waals surface area contributed by atoms with E-state index in [0.29, 0.717) is 5.92 Å². The lowest BCUT2D eigenvalue weighted by Crippen LogP contribution is -1.96. The molecule has 1 aliphatic rings. The van der Waals surface area contributed by atoms with Gasteiger partial charge in [-0.05, 0) is 46.2 Å². The molecule has 0 unspecified atom stereocenters. The van der Waals surface area contributed by atoms with Gasteiger partial charge in [-0.25, -0.2) is 0 Å². The number of pyridine rings is 1. The molecular weight excluding hydrogens is 242 g/mol. The topological polar surface area (TPSA) is 12.9 Å². The van der Waals surface area contributed by atoms with Crippen LogP contribution in [0.4, 0.5) is 0 Å². The summed E-state index contributed by atoms with van der Waals surface area (Å²) in [5.74, 6) is 0.651. The van der Waals surface area contributed by atoms with Gasteiger partial charge in [-0.2, -0.15) is 0 Å². The van der Waals surface area contributed by atoms with Gasteiger partial charge < -0.3 is 0 Å². The van der Waals surface area contributed by atoms with Gasteiger partial charge in [-0.15, -0.1) is 0 Å². The molecule has 0 radical (unpaired) electrons. The van der Waals surface area contributed by atoms with E-state index in [4.69, 9.17) is 0 Å². The van der Waals surface area contributed by atoms with Gasteiger partial charge in [0.2, 0.25) is 0 Å². The van der Waals surface area contributed by atoms with Crippen molar-refractivity contribution in [3.63, 3.8) is 0 Å². The molecule has 3 aromatic rings. The predicted molar refractivity (Wildman–Crippen MR) is 84.7 cm³/mol. The van der Waals surface area contributed by atoms with E-state index < -0.39 is 0 Å². The first-order valence-electron chi connectivity index (χ1n) is 7.26. The summed E-state index contributed by atoms with van der Waals surface area (Å²) in [5, 5.41) is 1.34. The van der Waals surface area contributed by atoms with E-state index in [1.807, 2.05) is 6.20 Å². The van der Waals surface area contributed by atoms with Crippen LogP contribution in [-0.2, 0) is 6.42 Å². The molecule has 1 heterocycles. The summed E-state index contributed by atoms with van der Waals surface area (Å²) in [6, 6.07) is 15.3. The maximum atomic E-state index is 4.68. The van der Waals surface area contributed by atoms with Crippen LogP contribution in [0.1, 0.15) is 19.4 Å². The molecule has 98 valence electrons. The zero-order chi connectivity index (χ0) is 13.7. The van der Waals surface area contributed by atoms with E-state index in [1.165, 1.54) is 38.7 Å². The average Bonchev–Trinajstić information content (AvgIpc) is 2.78. The van der Waals surface area contributed by atoms with E-state index in [2.05, 4.69) is 61.3 Å². The molecule has 0 spiro atoms. The second-order valence-electron chi connectivity index (χ2n) is 6.00. The van der Waals surface area contributed by atoms with Crippen molar-refractivity contribution in [2.45, 2.75) is 20.3 Å². The van der Waals surface area contributed by atoms with Crippen LogP contribution in [0.2, 0.25) is 0 Å². The molecule has 1 aromatic heterocycles. The molecule has 0 fully saturated rings. The maximum absolute atomic E-state index is 4.68. The van der Waals surface area contributed by atoms with E-state index in [9.17, 15) is 0 Å². The van der Waals surface area contributed by atoms with Crippen molar-refractivity contribution in [3.8, 4) is 22.3 Å². The van der Waals surface area contributed by atoms with E-state index in [1.54, 1.807) is 0 Å². The van der Waals surface area contributed by atoms with Gasteiger partial charge in [0.1, 0.15) is 0 Å². The summed E-state index contributed by atoms with van der Waals surface area (Å²) in [7, 11) is 0. The Balaban J connectivity index is 2.07. The molecule has 0 atom stereocenters. The number of nitrogens with zero attached hydrogens (tertiary/aromatic N) is 1. The third-order valence-corrected chi connectivity index (χ3v) is 4.11. The highest BCUT2D eigenvalue weighted by molar-refractivity contribution is 6.14. The number of hydrogen-bond acceptors (Lipinski definition) is 1. The normalized spacial score (nSPS) is 12.2. The van der Waals surface area contributed by atoms with Gasteiger partial charge in [-0.3, -0.25) is 4.98 Å². The minimum absolute atomic E-state index is 0.651. The molecule has 0 aliphatic heterocycles. The third kappa shape index (κ3) is 1.53. The molecule has 4 rings (SSSR count). The highest BCUT2D eigenvalue weighted by Gasteiger charge is 2.22. The van der Waals surface area contributed by atoms with Crippen molar-refractivity contribution in [2.75, 3.05) is 0 Å². The number of hydrogen-bond donors (Lipinski definition) is 0. The minimum Gasteiger partial charge on any atom is -0.256 e. The fourth-order valence-electron chi connectivity index (χ4n) is 3.33. The van der Waals surface area contributed by atoms with Gasteiger partial charge in [0.05, 0.1) is 5.52 Å². The maximum Gasteiger partial charge on any atom is 0.0746 e. The summed E-state index contributed by atoms with van der Waals surface area (Å²) >= 11 is 0. The lowest BCUT2D eigenvalue weighted by Gasteiger charge is -2.10. The molecule has 20 heavy (non-hydrogen) atoms. The average molecular weight is 259 g/mol. The molecule has 0 bridgehead atoms. The van der Waals surface area contributed by atoms with Crippen LogP contribution in [0.3, 0.4) is 0 Å². The third-order valence-electron chi connectivity index (χ3n) is 4.11. The fraction of sp³-hybridized carbons (Fsp3) is 0.211. The summed E-state index contributed by atoms with van der Waals surface area (Å²) in [6.07, 6.45) is 3.04. The molecule has 1 heteroatoms. The molecule has 0 saturated heterocycles. The Bertz CT molecular complexity index is 786. The van der Waals surface area contributed by atoms with Gasteiger partial charge >= 0.3 is 0 Å². The van der Waals surface area contributed by atoms with Crippen molar-refractivity contribution in [3.05, 3.63) is 54.2 Å². The summed E-state index contributed by atoms with van der Waals surface area (Å²) in [4.78, 5) is 4.68. The summed E-state index contributed by atoms with van der Waals surface area (Å²) in [6.45, 7) is 4.52. The number of aromatic nitrogens is 1. The van der Waals surface area contributed by atoms with Crippen molar-refractivity contribution >= 4 is 10.9 Å². The monoisotopic (exact) mass is 259 g/mol. The van der Waals surface area contributed by atoms with E-state index in [0.717, 1.165) is 6.42 Å². The Morgan fingerprint density at radius 1 is 0.850 bits per heavy atom. The SMILES string of the molecule is CC(C)Cc1ccc2c3c(ccnc13)-c1ccccc1-2. The number of rotatable bonds is 2. The molecule has 1 nitrogen and oxygen atoms in total. The van der Waals surface area contributed by atoms with E-state index in [-0.39, 0.29) is 0 Å². The van der Waals surface area contributed by atoms with Gasteiger partial charge in [0.25, 0.3) is 0 Å². The van der Waals surface area contributed by atoms with Crippen molar-refractivity contribution in [1.82, 2.24) is 4.98 Å². The lowest BCUT2D eigenvalue weighted by atomic mass is 9.97. The first-order valence-corrected chi connectivity index (χ1v) is 7.26. The number of benzene rings is 2. The Morgan fingerprint density at radius 3 is 2.25 bits per heavy atom.